The Hall–Kier alpha value is -2.03. The van der Waals surface area contributed by atoms with Crippen LogP contribution in [0.5, 0.6) is 0 Å². The minimum Gasteiger partial charge on any atom is -0.465 e. The lowest BCUT2D eigenvalue weighted by molar-refractivity contribution is -0.684. The van der Waals surface area contributed by atoms with Gasteiger partial charge >= 0.3 is 22.4 Å². The van der Waals surface area contributed by atoms with Crippen LogP contribution in [-0.4, -0.2) is 32.4 Å². The Morgan fingerprint density at radius 2 is 2.00 bits per heavy atom. The lowest BCUT2D eigenvalue weighted by Crippen LogP contribution is -2.42. The maximum atomic E-state index is 12.2. The number of aromatic amines is 1. The summed E-state index contributed by atoms with van der Waals surface area (Å²) in [7, 11) is 4.72. The molecule has 2 aromatic heterocycles. The van der Waals surface area contributed by atoms with Crippen LogP contribution in [0.15, 0.2) is 14.7 Å². The van der Waals surface area contributed by atoms with E-state index in [0.717, 1.165) is 4.57 Å². The molecule has 0 atom stereocenters. The van der Waals surface area contributed by atoms with Crippen LogP contribution in [0.3, 0.4) is 0 Å². The highest BCUT2D eigenvalue weighted by molar-refractivity contribution is 7.99. The molecule has 2 aromatic rings. The Kier molecular flexibility index (Phi) is 4.21. The zero-order chi connectivity index (χ0) is 15.7. The number of nitrogens with one attached hydrogen (secondary N) is 1. The summed E-state index contributed by atoms with van der Waals surface area (Å²) >= 11 is 1.22. The highest BCUT2D eigenvalue weighted by atomic mass is 32.2. The summed E-state index contributed by atoms with van der Waals surface area (Å²) in [6.45, 7) is 2.07. The molecule has 2 rings (SSSR count). The van der Waals surface area contributed by atoms with E-state index in [-0.39, 0.29) is 17.3 Å². The predicted octanol–water partition coefficient (Wildman–Crippen LogP) is -0.955. The van der Waals surface area contributed by atoms with E-state index >= 15 is 0 Å². The summed E-state index contributed by atoms with van der Waals surface area (Å²) in [6, 6.07) is 0. The summed E-state index contributed by atoms with van der Waals surface area (Å²) in [5.41, 5.74) is 0.0223. The first-order chi connectivity index (χ1) is 9.88. The minimum absolute atomic E-state index is 0.128. The Morgan fingerprint density at radius 3 is 2.62 bits per heavy atom. The van der Waals surface area contributed by atoms with Crippen LogP contribution in [-0.2, 0) is 30.7 Å². The van der Waals surface area contributed by atoms with Crippen LogP contribution in [0.25, 0.3) is 11.2 Å². The number of nitrogens with zero attached hydrogens (tertiary/aromatic N) is 3. The van der Waals surface area contributed by atoms with Crippen LogP contribution < -0.4 is 15.8 Å². The number of H-pyrrole nitrogens is 1. The van der Waals surface area contributed by atoms with Crippen molar-refractivity contribution >= 4 is 28.9 Å². The van der Waals surface area contributed by atoms with Crippen molar-refractivity contribution in [2.24, 2.45) is 21.1 Å². The van der Waals surface area contributed by atoms with E-state index in [1.54, 1.807) is 25.6 Å². The van der Waals surface area contributed by atoms with Gasteiger partial charge in [0.05, 0.1) is 13.7 Å². The molecule has 0 amide bonds. The number of carbonyl (C=O) groups is 1. The van der Waals surface area contributed by atoms with Crippen molar-refractivity contribution in [1.29, 1.82) is 0 Å². The largest absolute Gasteiger partial charge is 0.465 e. The predicted molar refractivity (Wildman–Crippen MR) is 77.3 cm³/mol. The summed E-state index contributed by atoms with van der Waals surface area (Å²) in [6.07, 6.45) is 0. The van der Waals surface area contributed by atoms with Crippen LogP contribution >= 0.6 is 11.8 Å². The monoisotopic (exact) mass is 313 g/mol. The molecule has 0 aliphatic heterocycles. The second kappa shape index (κ2) is 5.76. The molecule has 21 heavy (non-hydrogen) atoms. The van der Waals surface area contributed by atoms with Gasteiger partial charge in [-0.05, 0) is 18.7 Å². The smallest absolute Gasteiger partial charge is 0.333 e. The van der Waals surface area contributed by atoms with Gasteiger partial charge in [-0.3, -0.25) is 18.7 Å². The Balaban J connectivity index is 2.49. The van der Waals surface area contributed by atoms with Crippen molar-refractivity contribution in [3.8, 4) is 0 Å². The van der Waals surface area contributed by atoms with Crippen LogP contribution in [0.2, 0.25) is 0 Å². The first-order valence-corrected chi connectivity index (χ1v) is 7.33. The van der Waals surface area contributed by atoms with Crippen molar-refractivity contribution < 1.29 is 14.1 Å². The van der Waals surface area contributed by atoms with E-state index in [0.29, 0.717) is 22.9 Å². The van der Waals surface area contributed by atoms with E-state index in [1.165, 1.54) is 23.4 Å². The Bertz CT molecular complexity index is 817. The number of carbonyl (C=O) groups excluding carboxylic acids is 1. The third-order valence-electron chi connectivity index (χ3n) is 3.14. The van der Waals surface area contributed by atoms with Crippen LogP contribution in [0.1, 0.15) is 6.92 Å². The lowest BCUT2D eigenvalue weighted by atomic mass is 10.5. The van der Waals surface area contributed by atoms with Gasteiger partial charge in [-0.25, -0.2) is 14.3 Å². The van der Waals surface area contributed by atoms with Crippen molar-refractivity contribution in [2.45, 2.75) is 12.1 Å². The number of ether oxygens (including phenoxy) is 1. The minimum atomic E-state index is -0.406. The molecular formula is C12H17N4O4S+. The number of thioether (sulfide) groups is 1. The molecule has 114 valence electrons. The van der Waals surface area contributed by atoms with Crippen LogP contribution in [0.4, 0.5) is 0 Å². The van der Waals surface area contributed by atoms with Gasteiger partial charge in [0.25, 0.3) is 11.2 Å². The fourth-order valence-electron chi connectivity index (χ4n) is 2.02. The van der Waals surface area contributed by atoms with Crippen molar-refractivity contribution in [3.63, 3.8) is 0 Å². The van der Waals surface area contributed by atoms with E-state index in [1.807, 2.05) is 0 Å². The maximum Gasteiger partial charge on any atom is 0.333 e. The quantitative estimate of drug-likeness (QED) is 0.446. The van der Waals surface area contributed by atoms with Gasteiger partial charge in [0.1, 0.15) is 5.75 Å². The van der Waals surface area contributed by atoms with Gasteiger partial charge < -0.3 is 4.74 Å². The molecule has 0 aliphatic rings. The summed E-state index contributed by atoms with van der Waals surface area (Å²) < 4.78 is 8.92. The fraction of sp³-hybridized carbons (Fsp3) is 0.500. The molecule has 0 saturated carbocycles. The number of aryl methyl sites for hydroxylation is 2. The number of hydrogen-bond acceptors (Lipinski definition) is 5. The molecule has 0 bridgehead atoms. The van der Waals surface area contributed by atoms with E-state index < -0.39 is 5.69 Å². The van der Waals surface area contributed by atoms with E-state index in [9.17, 15) is 14.4 Å². The average Bonchev–Trinajstić information content (AvgIpc) is 2.78. The van der Waals surface area contributed by atoms with Gasteiger partial charge in [0, 0.05) is 14.1 Å². The maximum absolute atomic E-state index is 12.2. The van der Waals surface area contributed by atoms with Gasteiger partial charge in [-0.2, -0.15) is 0 Å². The number of fused-ring (bicyclic) bond motifs is 1. The van der Waals surface area contributed by atoms with E-state index in [4.69, 9.17) is 4.74 Å². The molecule has 0 aromatic carbocycles. The number of rotatable bonds is 4. The number of esters is 1. The summed E-state index contributed by atoms with van der Waals surface area (Å²) in [5, 5.41) is 0.608. The second-order valence-electron chi connectivity index (χ2n) is 4.49. The first-order valence-electron chi connectivity index (χ1n) is 6.34. The van der Waals surface area contributed by atoms with Crippen molar-refractivity contribution in [3.05, 3.63) is 20.8 Å². The van der Waals surface area contributed by atoms with E-state index in [2.05, 4.69) is 4.98 Å². The van der Waals surface area contributed by atoms with Crippen molar-refractivity contribution in [2.75, 3.05) is 12.4 Å². The third kappa shape index (κ3) is 2.60. The third-order valence-corrected chi connectivity index (χ3v) is 4.17. The highest BCUT2D eigenvalue weighted by Gasteiger charge is 2.24. The standard InChI is InChI=1S/C12H16N4O4S/c1-5-20-7(17)6-21-11-13-9-8(14(11)2)10(18)16(4)12(19)15(9)3/h5-6H2,1-4H3/p+1. The molecule has 1 N–H and O–H groups in total. The normalized spacial score (nSPS) is 11.0. The zero-order valence-electron chi connectivity index (χ0n) is 12.3. The fourth-order valence-corrected chi connectivity index (χ4v) is 2.81. The number of hydrogen-bond donors (Lipinski definition) is 1. The molecule has 0 radical (unpaired) electrons. The zero-order valence-corrected chi connectivity index (χ0v) is 13.1. The molecule has 8 nitrogen and oxygen atoms in total. The highest BCUT2D eigenvalue weighted by Crippen LogP contribution is 2.14. The molecule has 9 heteroatoms. The Morgan fingerprint density at radius 1 is 1.33 bits per heavy atom. The van der Waals surface area contributed by atoms with Crippen LogP contribution in [0, 0.1) is 0 Å². The van der Waals surface area contributed by atoms with Gasteiger partial charge in [-0.1, -0.05) is 0 Å². The summed E-state index contributed by atoms with van der Waals surface area (Å²) in [4.78, 5) is 38.5. The Labute approximate surface area is 124 Å². The molecule has 0 fully saturated rings. The SMILES string of the molecule is CCOC(=O)CSc1[nH]c2c(c(=O)n(C)c(=O)n2C)[n+]1C. The lowest BCUT2D eigenvalue weighted by Gasteiger charge is -1.99. The number of imidazole rings is 1. The summed E-state index contributed by atoms with van der Waals surface area (Å²) in [5.74, 6) is -0.203. The topological polar surface area (TPSA) is 90.0 Å². The number of aromatic nitrogens is 4. The molecule has 0 aliphatic carbocycles. The molecular weight excluding hydrogens is 296 g/mol. The second-order valence-corrected chi connectivity index (χ2v) is 5.45. The first kappa shape index (κ1) is 15.4. The molecule has 0 unspecified atom stereocenters. The van der Waals surface area contributed by atoms with Gasteiger partial charge in [0.15, 0.2) is 0 Å². The molecule has 0 saturated heterocycles. The molecule has 0 spiro atoms. The van der Waals surface area contributed by atoms with Crippen molar-refractivity contribution in [1.82, 2.24) is 14.1 Å². The average molecular weight is 313 g/mol. The van der Waals surface area contributed by atoms with Gasteiger partial charge in [0.2, 0.25) is 0 Å². The van der Waals surface area contributed by atoms with Gasteiger partial charge in [-0.15, -0.1) is 0 Å². The molecule has 2 heterocycles.